The van der Waals surface area contributed by atoms with Crippen molar-refractivity contribution < 1.29 is 4.74 Å². The third-order valence-corrected chi connectivity index (χ3v) is 3.62. The van der Waals surface area contributed by atoms with Gasteiger partial charge >= 0.3 is 0 Å². The quantitative estimate of drug-likeness (QED) is 0.929. The van der Waals surface area contributed by atoms with Gasteiger partial charge in [-0.05, 0) is 19.1 Å². The Bertz CT molecular complexity index is 620. The molecule has 0 aliphatic heterocycles. The maximum Gasteiger partial charge on any atom is 0.131 e. The van der Waals surface area contributed by atoms with Gasteiger partial charge in [0.1, 0.15) is 23.1 Å². The normalized spacial score (nSPS) is 11.1. The Morgan fingerprint density at radius 3 is 2.60 bits per heavy atom. The molecule has 1 heterocycles. The van der Waals surface area contributed by atoms with Gasteiger partial charge in [0, 0.05) is 12.5 Å². The van der Waals surface area contributed by atoms with Gasteiger partial charge in [0.2, 0.25) is 0 Å². The van der Waals surface area contributed by atoms with Gasteiger partial charge in [-0.1, -0.05) is 31.5 Å². The number of aromatic nitrogens is 2. The SMILES string of the molecule is CCn1c(C(C)C)nc(-c2c(Cl)cccc2OC)c1N. The summed E-state index contributed by atoms with van der Waals surface area (Å²) >= 11 is 6.31. The summed E-state index contributed by atoms with van der Waals surface area (Å²) in [7, 11) is 1.62. The van der Waals surface area contributed by atoms with E-state index in [1.54, 1.807) is 7.11 Å². The molecule has 0 spiro atoms. The Kier molecular flexibility index (Phi) is 4.23. The summed E-state index contributed by atoms with van der Waals surface area (Å²) in [6.07, 6.45) is 0. The number of halogens is 1. The first-order chi connectivity index (χ1) is 9.51. The average molecular weight is 294 g/mol. The lowest BCUT2D eigenvalue weighted by Gasteiger charge is -2.10. The molecular formula is C15H20ClN3O. The van der Waals surface area contributed by atoms with Crippen LogP contribution in [0.4, 0.5) is 5.82 Å². The van der Waals surface area contributed by atoms with Gasteiger partial charge in [-0.2, -0.15) is 0 Å². The highest BCUT2D eigenvalue weighted by atomic mass is 35.5. The van der Waals surface area contributed by atoms with E-state index in [1.807, 2.05) is 22.8 Å². The maximum absolute atomic E-state index is 6.31. The van der Waals surface area contributed by atoms with E-state index in [0.717, 1.165) is 17.9 Å². The number of rotatable bonds is 4. The van der Waals surface area contributed by atoms with Crippen molar-refractivity contribution in [2.75, 3.05) is 12.8 Å². The van der Waals surface area contributed by atoms with Gasteiger partial charge in [-0.15, -0.1) is 0 Å². The van der Waals surface area contributed by atoms with Crippen molar-refractivity contribution in [1.29, 1.82) is 0 Å². The molecule has 2 rings (SSSR count). The summed E-state index contributed by atoms with van der Waals surface area (Å²) in [5.41, 5.74) is 7.71. The number of benzene rings is 1. The first kappa shape index (κ1) is 14.7. The van der Waals surface area contributed by atoms with Crippen LogP contribution in [0.3, 0.4) is 0 Å². The van der Waals surface area contributed by atoms with Crippen LogP contribution in [0.5, 0.6) is 5.75 Å². The standard InChI is InChI=1S/C15H20ClN3O/c1-5-19-14(17)13(18-15(19)9(2)3)12-10(16)7-6-8-11(12)20-4/h6-9H,5,17H2,1-4H3. The van der Waals surface area contributed by atoms with E-state index < -0.39 is 0 Å². The molecule has 0 radical (unpaired) electrons. The predicted octanol–water partition coefficient (Wildman–Crippen LogP) is 3.94. The van der Waals surface area contributed by atoms with Crippen LogP contribution in [-0.4, -0.2) is 16.7 Å². The van der Waals surface area contributed by atoms with Crippen LogP contribution < -0.4 is 10.5 Å². The van der Waals surface area contributed by atoms with Crippen LogP contribution >= 0.6 is 11.6 Å². The number of hydrogen-bond donors (Lipinski definition) is 1. The van der Waals surface area contributed by atoms with Gasteiger partial charge in [0.05, 0.1) is 17.7 Å². The van der Waals surface area contributed by atoms with Crippen LogP contribution in [0.1, 0.15) is 32.5 Å². The number of nitrogen functional groups attached to an aromatic ring is 1. The van der Waals surface area contributed by atoms with Gasteiger partial charge in [-0.3, -0.25) is 0 Å². The fourth-order valence-corrected chi connectivity index (χ4v) is 2.60. The van der Waals surface area contributed by atoms with Crippen molar-refractivity contribution in [3.8, 4) is 17.0 Å². The first-order valence-electron chi connectivity index (χ1n) is 6.70. The van der Waals surface area contributed by atoms with E-state index in [0.29, 0.717) is 28.2 Å². The third kappa shape index (κ3) is 2.36. The van der Waals surface area contributed by atoms with Gasteiger partial charge in [-0.25, -0.2) is 4.98 Å². The highest BCUT2D eigenvalue weighted by Gasteiger charge is 2.21. The number of nitrogens with two attached hydrogens (primary N) is 1. The van der Waals surface area contributed by atoms with E-state index in [-0.39, 0.29) is 0 Å². The average Bonchev–Trinajstić information content (AvgIpc) is 2.75. The van der Waals surface area contributed by atoms with Crippen molar-refractivity contribution in [3.63, 3.8) is 0 Å². The number of hydrogen-bond acceptors (Lipinski definition) is 3. The van der Waals surface area contributed by atoms with Crippen molar-refractivity contribution in [2.24, 2.45) is 0 Å². The number of nitrogens with zero attached hydrogens (tertiary/aromatic N) is 2. The molecule has 0 aliphatic carbocycles. The highest BCUT2D eigenvalue weighted by Crippen LogP contribution is 2.39. The molecule has 0 bridgehead atoms. The lowest BCUT2D eigenvalue weighted by Crippen LogP contribution is -2.06. The second kappa shape index (κ2) is 5.75. The van der Waals surface area contributed by atoms with E-state index >= 15 is 0 Å². The van der Waals surface area contributed by atoms with Crippen molar-refractivity contribution >= 4 is 17.4 Å². The molecule has 5 heteroatoms. The van der Waals surface area contributed by atoms with Crippen LogP contribution in [0, 0.1) is 0 Å². The molecule has 20 heavy (non-hydrogen) atoms. The number of imidazole rings is 1. The summed E-state index contributed by atoms with van der Waals surface area (Å²) in [6, 6.07) is 5.53. The lowest BCUT2D eigenvalue weighted by atomic mass is 10.1. The van der Waals surface area contributed by atoms with E-state index in [2.05, 4.69) is 20.8 Å². The Morgan fingerprint density at radius 1 is 1.40 bits per heavy atom. The highest BCUT2D eigenvalue weighted by molar-refractivity contribution is 6.33. The Morgan fingerprint density at radius 2 is 2.10 bits per heavy atom. The third-order valence-electron chi connectivity index (χ3n) is 3.30. The molecule has 0 amide bonds. The second-order valence-electron chi connectivity index (χ2n) is 4.92. The van der Waals surface area contributed by atoms with Crippen molar-refractivity contribution in [3.05, 3.63) is 29.0 Å². The molecular weight excluding hydrogens is 274 g/mol. The molecule has 0 saturated carbocycles. The van der Waals surface area contributed by atoms with E-state index in [4.69, 9.17) is 27.1 Å². The molecule has 0 unspecified atom stereocenters. The summed E-state index contributed by atoms with van der Waals surface area (Å²) in [5, 5.41) is 0.590. The first-order valence-corrected chi connectivity index (χ1v) is 7.07. The molecule has 1 aromatic heterocycles. The van der Waals surface area contributed by atoms with Crippen LogP contribution in [0.2, 0.25) is 5.02 Å². The Balaban J connectivity index is 2.71. The molecule has 2 aromatic rings. The minimum Gasteiger partial charge on any atom is -0.496 e. The largest absolute Gasteiger partial charge is 0.496 e. The minimum absolute atomic E-state index is 0.291. The van der Waals surface area contributed by atoms with E-state index in [9.17, 15) is 0 Å². The number of methoxy groups -OCH3 is 1. The lowest BCUT2D eigenvalue weighted by molar-refractivity contribution is 0.416. The summed E-state index contributed by atoms with van der Waals surface area (Å²) in [6.45, 7) is 7.03. The molecule has 0 saturated heterocycles. The monoisotopic (exact) mass is 293 g/mol. The van der Waals surface area contributed by atoms with Gasteiger partial charge in [0.15, 0.2) is 0 Å². The Hall–Kier alpha value is -1.68. The summed E-state index contributed by atoms with van der Waals surface area (Å²) in [5.74, 6) is 2.56. The molecule has 0 atom stereocenters. The summed E-state index contributed by atoms with van der Waals surface area (Å²) in [4.78, 5) is 4.69. The fourth-order valence-electron chi connectivity index (χ4n) is 2.34. The number of anilines is 1. The molecule has 2 N–H and O–H groups in total. The fraction of sp³-hybridized carbons (Fsp3) is 0.400. The van der Waals surface area contributed by atoms with Crippen molar-refractivity contribution in [1.82, 2.24) is 9.55 Å². The zero-order valence-electron chi connectivity index (χ0n) is 12.3. The zero-order chi connectivity index (χ0) is 14.9. The summed E-state index contributed by atoms with van der Waals surface area (Å²) < 4.78 is 7.41. The smallest absolute Gasteiger partial charge is 0.131 e. The van der Waals surface area contributed by atoms with Crippen LogP contribution in [0.15, 0.2) is 18.2 Å². The topological polar surface area (TPSA) is 53.1 Å². The molecule has 4 nitrogen and oxygen atoms in total. The molecule has 108 valence electrons. The van der Waals surface area contributed by atoms with Crippen molar-refractivity contribution in [2.45, 2.75) is 33.2 Å². The molecule has 0 aliphatic rings. The van der Waals surface area contributed by atoms with Gasteiger partial charge < -0.3 is 15.0 Å². The zero-order valence-corrected chi connectivity index (χ0v) is 13.0. The molecule has 0 fully saturated rings. The number of ether oxygens (including phenoxy) is 1. The minimum atomic E-state index is 0.291. The van der Waals surface area contributed by atoms with Crippen LogP contribution in [0.25, 0.3) is 11.3 Å². The van der Waals surface area contributed by atoms with E-state index in [1.165, 1.54) is 0 Å². The van der Waals surface area contributed by atoms with Gasteiger partial charge in [0.25, 0.3) is 0 Å². The Labute approximate surface area is 124 Å². The van der Waals surface area contributed by atoms with Crippen LogP contribution in [-0.2, 0) is 6.54 Å². The molecule has 1 aromatic carbocycles. The maximum atomic E-state index is 6.31. The predicted molar refractivity (Wildman–Crippen MR) is 83.4 cm³/mol. The second-order valence-corrected chi connectivity index (χ2v) is 5.33.